The van der Waals surface area contributed by atoms with Gasteiger partial charge < -0.3 is 14.8 Å². The van der Waals surface area contributed by atoms with Crippen molar-refractivity contribution in [3.8, 4) is 5.75 Å². The minimum absolute atomic E-state index is 0.0787. The molecule has 0 bridgehead atoms. The first kappa shape index (κ1) is 19.9. The summed E-state index contributed by atoms with van der Waals surface area (Å²) in [6.07, 6.45) is 0. The number of nitro groups is 1. The molecule has 0 heterocycles. The summed E-state index contributed by atoms with van der Waals surface area (Å²) in [7, 11) is 0. The standard InChI is InChI=1S/C19H20N2O6/c1-12-7-13(2)9-15(8-12)26-11-18(23)27-10-17(22)20-19-14(3)5-4-6-16(19)21(24)25/h4-9H,10-11H2,1-3H3,(H,20,22). The average Bonchev–Trinajstić information content (AvgIpc) is 2.59. The molecule has 0 radical (unpaired) electrons. The molecule has 1 amide bonds. The van der Waals surface area contributed by atoms with E-state index in [1.54, 1.807) is 25.1 Å². The lowest BCUT2D eigenvalue weighted by atomic mass is 10.1. The van der Waals surface area contributed by atoms with Gasteiger partial charge in [0.15, 0.2) is 13.2 Å². The van der Waals surface area contributed by atoms with Crippen molar-refractivity contribution < 1.29 is 24.0 Å². The number of hydrogen-bond acceptors (Lipinski definition) is 6. The van der Waals surface area contributed by atoms with Gasteiger partial charge in [0.1, 0.15) is 11.4 Å². The number of carbonyl (C=O) groups is 2. The van der Waals surface area contributed by atoms with Gasteiger partial charge in [-0.3, -0.25) is 14.9 Å². The molecule has 0 unspecified atom stereocenters. The largest absolute Gasteiger partial charge is 0.482 e. The maximum absolute atomic E-state index is 12.0. The average molecular weight is 372 g/mol. The van der Waals surface area contributed by atoms with Crippen LogP contribution in [-0.2, 0) is 14.3 Å². The molecule has 0 saturated heterocycles. The number of ether oxygens (including phenoxy) is 2. The van der Waals surface area contributed by atoms with E-state index in [9.17, 15) is 19.7 Å². The zero-order chi connectivity index (χ0) is 20.0. The number of benzene rings is 2. The number of rotatable bonds is 7. The van der Waals surface area contributed by atoms with Crippen LogP contribution in [0.2, 0.25) is 0 Å². The van der Waals surface area contributed by atoms with Gasteiger partial charge in [-0.15, -0.1) is 0 Å². The van der Waals surface area contributed by atoms with Gasteiger partial charge in [-0.05, 0) is 49.6 Å². The highest BCUT2D eigenvalue weighted by atomic mass is 16.6. The quantitative estimate of drug-likeness (QED) is 0.455. The van der Waals surface area contributed by atoms with Crippen LogP contribution in [0.3, 0.4) is 0 Å². The van der Waals surface area contributed by atoms with Gasteiger partial charge in [0.05, 0.1) is 4.92 Å². The Hall–Kier alpha value is -3.42. The Morgan fingerprint density at radius 2 is 1.74 bits per heavy atom. The molecule has 8 nitrogen and oxygen atoms in total. The van der Waals surface area contributed by atoms with E-state index in [1.165, 1.54) is 12.1 Å². The molecule has 0 spiro atoms. The lowest BCUT2D eigenvalue weighted by Crippen LogP contribution is -2.24. The Labute approximate surface area is 156 Å². The first-order valence-electron chi connectivity index (χ1n) is 8.17. The molecule has 0 atom stereocenters. The third-order valence-electron chi connectivity index (χ3n) is 3.63. The summed E-state index contributed by atoms with van der Waals surface area (Å²) >= 11 is 0. The van der Waals surface area contributed by atoms with E-state index in [4.69, 9.17) is 9.47 Å². The van der Waals surface area contributed by atoms with E-state index in [-0.39, 0.29) is 18.0 Å². The van der Waals surface area contributed by atoms with Gasteiger partial charge >= 0.3 is 5.97 Å². The van der Waals surface area contributed by atoms with E-state index in [0.717, 1.165) is 11.1 Å². The first-order chi connectivity index (χ1) is 12.8. The summed E-state index contributed by atoms with van der Waals surface area (Å²) in [4.78, 5) is 34.2. The van der Waals surface area contributed by atoms with E-state index < -0.39 is 23.4 Å². The minimum Gasteiger partial charge on any atom is -0.482 e. The lowest BCUT2D eigenvalue weighted by molar-refractivity contribution is -0.384. The zero-order valence-electron chi connectivity index (χ0n) is 15.3. The molecule has 0 aliphatic carbocycles. The van der Waals surface area contributed by atoms with Gasteiger partial charge in [-0.25, -0.2) is 4.79 Å². The van der Waals surface area contributed by atoms with E-state index >= 15 is 0 Å². The van der Waals surface area contributed by atoms with Crippen molar-refractivity contribution in [3.05, 3.63) is 63.2 Å². The molecule has 2 aromatic rings. The second-order valence-corrected chi connectivity index (χ2v) is 6.05. The Kier molecular flexibility index (Phi) is 6.48. The lowest BCUT2D eigenvalue weighted by Gasteiger charge is -2.10. The van der Waals surface area contributed by atoms with Gasteiger partial charge in [-0.1, -0.05) is 18.2 Å². The zero-order valence-corrected chi connectivity index (χ0v) is 15.3. The number of anilines is 1. The Bertz CT molecular complexity index is 858. The van der Waals surface area contributed by atoms with Crippen molar-refractivity contribution in [3.63, 3.8) is 0 Å². The Balaban J connectivity index is 1.87. The van der Waals surface area contributed by atoms with E-state index in [0.29, 0.717) is 11.3 Å². The van der Waals surface area contributed by atoms with Crippen LogP contribution in [0.1, 0.15) is 16.7 Å². The summed E-state index contributed by atoms with van der Waals surface area (Å²) in [5, 5.41) is 13.4. The molecule has 0 saturated carbocycles. The summed E-state index contributed by atoms with van der Waals surface area (Å²) in [5.74, 6) is -0.861. The topological polar surface area (TPSA) is 108 Å². The van der Waals surface area contributed by atoms with Crippen LogP contribution in [0, 0.1) is 30.9 Å². The summed E-state index contributed by atoms with van der Waals surface area (Å²) in [6, 6.07) is 9.97. The highest BCUT2D eigenvalue weighted by molar-refractivity contribution is 5.95. The van der Waals surface area contributed by atoms with Crippen LogP contribution >= 0.6 is 0 Å². The Morgan fingerprint density at radius 3 is 2.37 bits per heavy atom. The second-order valence-electron chi connectivity index (χ2n) is 6.05. The molecule has 0 aromatic heterocycles. The van der Waals surface area contributed by atoms with Gasteiger partial charge in [-0.2, -0.15) is 0 Å². The number of para-hydroxylation sites is 1. The molecule has 2 aromatic carbocycles. The number of nitro benzene ring substituents is 1. The highest BCUT2D eigenvalue weighted by Crippen LogP contribution is 2.27. The van der Waals surface area contributed by atoms with Crippen LogP contribution < -0.4 is 10.1 Å². The number of aryl methyl sites for hydroxylation is 3. The summed E-state index contributed by atoms with van der Waals surface area (Å²) in [5.41, 5.74) is 2.38. The number of amides is 1. The van der Waals surface area contributed by atoms with Crippen molar-refractivity contribution in [1.29, 1.82) is 0 Å². The second kappa shape index (κ2) is 8.79. The third kappa shape index (κ3) is 5.81. The van der Waals surface area contributed by atoms with Crippen LogP contribution in [-0.4, -0.2) is 30.0 Å². The Morgan fingerprint density at radius 1 is 1.07 bits per heavy atom. The van der Waals surface area contributed by atoms with E-state index in [2.05, 4.69) is 5.32 Å². The van der Waals surface area contributed by atoms with Crippen LogP contribution in [0.25, 0.3) is 0 Å². The van der Waals surface area contributed by atoms with Crippen molar-refractivity contribution in [2.75, 3.05) is 18.5 Å². The van der Waals surface area contributed by atoms with Crippen molar-refractivity contribution >= 4 is 23.3 Å². The molecule has 1 N–H and O–H groups in total. The number of nitrogens with one attached hydrogen (secondary N) is 1. The van der Waals surface area contributed by atoms with Gasteiger partial charge in [0.2, 0.25) is 0 Å². The summed E-state index contributed by atoms with van der Waals surface area (Å²) in [6.45, 7) is 4.54. The predicted molar refractivity (Wildman–Crippen MR) is 98.8 cm³/mol. The van der Waals surface area contributed by atoms with Crippen LogP contribution in [0.4, 0.5) is 11.4 Å². The highest BCUT2D eigenvalue weighted by Gasteiger charge is 2.18. The molecule has 142 valence electrons. The minimum atomic E-state index is -0.719. The van der Waals surface area contributed by atoms with Crippen LogP contribution in [0.15, 0.2) is 36.4 Å². The SMILES string of the molecule is Cc1cc(C)cc(OCC(=O)OCC(=O)Nc2c(C)cccc2[N+](=O)[O-])c1. The van der Waals surface area contributed by atoms with E-state index in [1.807, 2.05) is 19.9 Å². The van der Waals surface area contributed by atoms with Crippen molar-refractivity contribution in [2.24, 2.45) is 0 Å². The molecule has 2 rings (SSSR count). The number of nitrogens with zero attached hydrogens (tertiary/aromatic N) is 1. The first-order valence-corrected chi connectivity index (χ1v) is 8.17. The maximum Gasteiger partial charge on any atom is 0.344 e. The molecule has 0 aliphatic rings. The number of carbonyl (C=O) groups excluding carboxylic acids is 2. The monoisotopic (exact) mass is 372 g/mol. The fraction of sp³-hybridized carbons (Fsp3) is 0.263. The fourth-order valence-electron chi connectivity index (χ4n) is 2.49. The third-order valence-corrected chi connectivity index (χ3v) is 3.63. The molecular formula is C19H20N2O6. The normalized spacial score (nSPS) is 10.2. The molecule has 0 fully saturated rings. The van der Waals surface area contributed by atoms with Crippen LogP contribution in [0.5, 0.6) is 5.75 Å². The molecule has 0 aliphatic heterocycles. The fourth-order valence-corrected chi connectivity index (χ4v) is 2.49. The molecular weight excluding hydrogens is 352 g/mol. The summed E-state index contributed by atoms with van der Waals surface area (Å²) < 4.78 is 10.2. The number of esters is 1. The predicted octanol–water partition coefficient (Wildman–Crippen LogP) is 3.08. The van der Waals surface area contributed by atoms with Gasteiger partial charge in [0, 0.05) is 6.07 Å². The molecule has 8 heteroatoms. The number of hydrogen-bond donors (Lipinski definition) is 1. The van der Waals surface area contributed by atoms with Crippen molar-refractivity contribution in [2.45, 2.75) is 20.8 Å². The maximum atomic E-state index is 12.0. The van der Waals surface area contributed by atoms with Gasteiger partial charge in [0.25, 0.3) is 11.6 Å². The van der Waals surface area contributed by atoms with Crippen molar-refractivity contribution in [1.82, 2.24) is 0 Å². The molecule has 27 heavy (non-hydrogen) atoms. The smallest absolute Gasteiger partial charge is 0.344 e.